The van der Waals surface area contributed by atoms with E-state index in [0.717, 1.165) is 6.07 Å². The van der Waals surface area contributed by atoms with E-state index >= 15 is 0 Å². The van der Waals surface area contributed by atoms with Crippen LogP contribution in [0.1, 0.15) is 22.3 Å². The number of hydrogen-bond acceptors (Lipinski definition) is 4. The Balaban J connectivity index is 1.93. The molecule has 0 fully saturated rings. The van der Waals surface area contributed by atoms with Crippen molar-refractivity contribution in [1.82, 2.24) is 9.97 Å². The normalized spacial score (nSPS) is 12.8. The maximum absolute atomic E-state index is 14.9. The average Bonchev–Trinajstić information content (AvgIpc) is 2.88. The van der Waals surface area contributed by atoms with E-state index in [-0.39, 0.29) is 23.6 Å². The van der Waals surface area contributed by atoms with Crippen LogP contribution in [0.2, 0.25) is 0 Å². The highest BCUT2D eigenvalue weighted by Crippen LogP contribution is 2.35. The molecule has 1 aliphatic rings. The number of aromatic nitrogens is 2. The second-order valence-corrected chi connectivity index (χ2v) is 6.48. The van der Waals surface area contributed by atoms with Gasteiger partial charge in [-0.1, -0.05) is 18.1 Å². The van der Waals surface area contributed by atoms with E-state index in [1.54, 1.807) is 24.4 Å². The second-order valence-electron chi connectivity index (χ2n) is 6.48. The Morgan fingerprint density at radius 1 is 1.13 bits per heavy atom. The zero-order chi connectivity index (χ0) is 21.3. The largest absolute Gasteiger partial charge is 0.483 e. The van der Waals surface area contributed by atoms with E-state index < -0.39 is 18.6 Å². The zero-order valence-corrected chi connectivity index (χ0v) is 15.4. The van der Waals surface area contributed by atoms with Gasteiger partial charge in [0.2, 0.25) is 0 Å². The highest BCUT2D eigenvalue weighted by molar-refractivity contribution is 6.18. The number of aliphatic imine (C=N–C) groups is 1. The number of terminal acetylenes is 1. The van der Waals surface area contributed by atoms with Gasteiger partial charge in [-0.2, -0.15) is 13.2 Å². The van der Waals surface area contributed by atoms with E-state index in [2.05, 4.69) is 20.9 Å². The molecule has 0 spiro atoms. The molecule has 4 nitrogen and oxygen atoms in total. The second kappa shape index (κ2) is 7.59. The van der Waals surface area contributed by atoms with Crippen molar-refractivity contribution in [3.05, 3.63) is 77.0 Å². The van der Waals surface area contributed by atoms with Crippen LogP contribution in [0.25, 0.3) is 11.3 Å². The standard InChI is InChI=1S/C22H13F4N3O/c1-2-13-6-7-15-16(8-13)21(28-10-14-9-27-12-29-20(14)15)19-17(23)4-3-5-18(19)30-11-22(24,25)26/h1,3-9,12H,10-11H2. The fraction of sp³-hybridized carbons (Fsp3) is 0.136. The summed E-state index contributed by atoms with van der Waals surface area (Å²) in [5.74, 6) is 1.48. The molecule has 0 unspecified atom stereocenters. The summed E-state index contributed by atoms with van der Waals surface area (Å²) in [5, 5.41) is 0. The SMILES string of the molecule is C#Cc1ccc2c(c1)C(c1c(F)cccc1OCC(F)(F)F)=NCc1cncnc1-2. The summed E-state index contributed by atoms with van der Waals surface area (Å²) in [7, 11) is 0. The summed E-state index contributed by atoms with van der Waals surface area (Å²) >= 11 is 0. The van der Waals surface area contributed by atoms with Crippen molar-refractivity contribution in [2.45, 2.75) is 12.7 Å². The highest BCUT2D eigenvalue weighted by Gasteiger charge is 2.30. The third-order valence-corrected chi connectivity index (χ3v) is 4.50. The number of halogens is 4. The van der Waals surface area contributed by atoms with Crippen molar-refractivity contribution in [2.24, 2.45) is 4.99 Å². The number of fused-ring (bicyclic) bond motifs is 3. The summed E-state index contributed by atoms with van der Waals surface area (Å²) in [6.45, 7) is -1.45. The Kier molecular flexibility index (Phi) is 4.96. The van der Waals surface area contributed by atoms with Gasteiger partial charge >= 0.3 is 6.18 Å². The lowest BCUT2D eigenvalue weighted by atomic mass is 9.93. The van der Waals surface area contributed by atoms with Gasteiger partial charge in [-0.05, 0) is 24.3 Å². The van der Waals surface area contributed by atoms with E-state index in [9.17, 15) is 17.6 Å². The molecule has 0 amide bonds. The molecule has 1 aliphatic heterocycles. The van der Waals surface area contributed by atoms with Gasteiger partial charge in [-0.25, -0.2) is 14.4 Å². The van der Waals surface area contributed by atoms with E-state index in [1.165, 1.54) is 18.5 Å². The molecular weight excluding hydrogens is 398 g/mol. The Labute approximate surface area is 169 Å². The number of benzene rings is 2. The Morgan fingerprint density at radius 2 is 1.97 bits per heavy atom. The minimum absolute atomic E-state index is 0.110. The summed E-state index contributed by atoms with van der Waals surface area (Å²) < 4.78 is 57.9. The maximum Gasteiger partial charge on any atom is 0.422 e. The van der Waals surface area contributed by atoms with Gasteiger partial charge in [0, 0.05) is 28.5 Å². The molecule has 0 saturated heterocycles. The third kappa shape index (κ3) is 3.74. The van der Waals surface area contributed by atoms with Gasteiger partial charge in [0.05, 0.1) is 23.5 Å². The molecule has 0 radical (unpaired) electrons. The highest BCUT2D eigenvalue weighted by atomic mass is 19.4. The smallest absolute Gasteiger partial charge is 0.422 e. The molecule has 2 heterocycles. The van der Waals surface area contributed by atoms with Crippen LogP contribution in [-0.2, 0) is 6.54 Å². The Hall–Kier alpha value is -3.73. The first-order chi connectivity index (χ1) is 14.4. The molecule has 0 N–H and O–H groups in total. The van der Waals surface area contributed by atoms with Crippen molar-refractivity contribution in [2.75, 3.05) is 6.61 Å². The van der Waals surface area contributed by atoms with Crippen LogP contribution in [0.3, 0.4) is 0 Å². The van der Waals surface area contributed by atoms with Crippen molar-refractivity contribution < 1.29 is 22.3 Å². The third-order valence-electron chi connectivity index (χ3n) is 4.50. The topological polar surface area (TPSA) is 47.4 Å². The molecule has 0 saturated carbocycles. The van der Waals surface area contributed by atoms with Crippen molar-refractivity contribution >= 4 is 5.71 Å². The summed E-state index contributed by atoms with van der Waals surface area (Å²) in [6.07, 6.45) is 3.91. The lowest BCUT2D eigenvalue weighted by Crippen LogP contribution is -2.21. The van der Waals surface area contributed by atoms with E-state index in [1.807, 2.05) is 0 Å². The quantitative estimate of drug-likeness (QED) is 0.469. The van der Waals surface area contributed by atoms with E-state index in [4.69, 9.17) is 11.2 Å². The molecule has 4 rings (SSSR count). The Morgan fingerprint density at radius 3 is 2.73 bits per heavy atom. The van der Waals surface area contributed by atoms with Gasteiger partial charge in [-0.15, -0.1) is 6.42 Å². The summed E-state index contributed by atoms with van der Waals surface area (Å²) in [4.78, 5) is 12.8. The number of ether oxygens (including phenoxy) is 1. The van der Waals surface area contributed by atoms with Gasteiger partial charge in [-0.3, -0.25) is 4.99 Å². The molecule has 150 valence electrons. The van der Waals surface area contributed by atoms with Crippen molar-refractivity contribution in [3.63, 3.8) is 0 Å². The molecule has 0 atom stereocenters. The van der Waals surface area contributed by atoms with Crippen LogP contribution in [0.15, 0.2) is 53.9 Å². The maximum atomic E-state index is 14.9. The molecule has 30 heavy (non-hydrogen) atoms. The summed E-state index contributed by atoms with van der Waals surface area (Å²) in [5.41, 5.74) is 2.83. The first-order valence-electron chi connectivity index (χ1n) is 8.80. The average molecular weight is 411 g/mol. The lowest BCUT2D eigenvalue weighted by molar-refractivity contribution is -0.153. The minimum Gasteiger partial charge on any atom is -0.483 e. The van der Waals surface area contributed by atoms with Crippen molar-refractivity contribution in [1.29, 1.82) is 0 Å². The predicted octanol–water partition coefficient (Wildman–Crippen LogP) is 4.56. The van der Waals surface area contributed by atoms with Crippen LogP contribution >= 0.6 is 0 Å². The first kappa shape index (κ1) is 19.6. The van der Waals surface area contributed by atoms with Crippen LogP contribution < -0.4 is 4.74 Å². The molecule has 2 aromatic carbocycles. The Bertz CT molecular complexity index is 1200. The fourth-order valence-electron chi connectivity index (χ4n) is 3.23. The molecule has 3 aromatic rings. The summed E-state index contributed by atoms with van der Waals surface area (Å²) in [6, 6.07) is 8.76. The van der Waals surface area contributed by atoms with Crippen LogP contribution in [0.4, 0.5) is 17.6 Å². The van der Waals surface area contributed by atoms with Crippen LogP contribution in [0.5, 0.6) is 5.75 Å². The number of nitrogens with zero attached hydrogens (tertiary/aromatic N) is 3. The molecular formula is C22H13F4N3O. The fourth-order valence-corrected chi connectivity index (χ4v) is 3.23. The lowest BCUT2D eigenvalue weighted by Gasteiger charge is -2.16. The van der Waals surface area contributed by atoms with Gasteiger partial charge in [0.15, 0.2) is 6.61 Å². The molecule has 0 bridgehead atoms. The number of rotatable bonds is 3. The molecule has 1 aromatic heterocycles. The van der Waals surface area contributed by atoms with E-state index in [0.29, 0.717) is 27.9 Å². The first-order valence-corrected chi connectivity index (χ1v) is 8.80. The molecule has 0 aliphatic carbocycles. The number of hydrogen-bond donors (Lipinski definition) is 0. The monoisotopic (exact) mass is 411 g/mol. The predicted molar refractivity (Wildman–Crippen MR) is 103 cm³/mol. The minimum atomic E-state index is -4.57. The van der Waals surface area contributed by atoms with Gasteiger partial charge in [0.1, 0.15) is 17.9 Å². The van der Waals surface area contributed by atoms with Crippen LogP contribution in [0, 0.1) is 18.2 Å². The van der Waals surface area contributed by atoms with Gasteiger partial charge in [0.25, 0.3) is 0 Å². The zero-order valence-electron chi connectivity index (χ0n) is 15.4. The van der Waals surface area contributed by atoms with Crippen molar-refractivity contribution in [3.8, 4) is 29.4 Å². The number of alkyl halides is 3. The molecule has 8 heteroatoms. The van der Waals surface area contributed by atoms with Gasteiger partial charge < -0.3 is 4.74 Å². The van der Waals surface area contributed by atoms with Crippen LogP contribution in [-0.4, -0.2) is 28.5 Å².